The van der Waals surface area contributed by atoms with Crippen molar-refractivity contribution in [3.8, 4) is 0 Å². The molecule has 0 aliphatic carbocycles. The summed E-state index contributed by atoms with van der Waals surface area (Å²) in [4.78, 5) is 35.7. The number of anilines is 2. The minimum absolute atomic E-state index is 0.0995. The van der Waals surface area contributed by atoms with Gasteiger partial charge in [0.2, 0.25) is 0 Å². The summed E-state index contributed by atoms with van der Waals surface area (Å²) in [6.07, 6.45) is 0. The maximum absolute atomic E-state index is 12.2. The zero-order valence-electron chi connectivity index (χ0n) is 14.2. The summed E-state index contributed by atoms with van der Waals surface area (Å²) in [5.41, 5.74) is 1.25. The smallest absolute Gasteiger partial charge is 0.339 e. The molecule has 0 unspecified atom stereocenters. The number of nitrogens with zero attached hydrogens (tertiary/aromatic N) is 2. The first-order chi connectivity index (χ1) is 11.8. The van der Waals surface area contributed by atoms with Crippen LogP contribution in [0.15, 0.2) is 24.3 Å². The van der Waals surface area contributed by atoms with Crippen molar-refractivity contribution >= 4 is 29.5 Å². The Morgan fingerprint density at radius 1 is 1.04 bits per heavy atom. The van der Waals surface area contributed by atoms with Crippen molar-refractivity contribution in [3.63, 3.8) is 0 Å². The molecule has 2 aromatic rings. The van der Waals surface area contributed by atoms with Gasteiger partial charge in [-0.05, 0) is 25.1 Å². The summed E-state index contributed by atoms with van der Waals surface area (Å²) in [6.45, 7) is 1.84. The largest absolute Gasteiger partial charge is 0.465 e. The van der Waals surface area contributed by atoms with Crippen LogP contribution in [0.2, 0.25) is 0 Å². The van der Waals surface area contributed by atoms with Gasteiger partial charge in [0.05, 0.1) is 31.0 Å². The molecule has 25 heavy (non-hydrogen) atoms. The Bertz CT molecular complexity index is 808. The first-order valence-corrected chi connectivity index (χ1v) is 7.25. The predicted molar refractivity (Wildman–Crippen MR) is 89.7 cm³/mol. The average Bonchev–Trinajstić information content (AvgIpc) is 2.90. The number of nitrogens with one attached hydrogen (secondary N) is 2. The third-order valence-corrected chi connectivity index (χ3v) is 3.45. The lowest BCUT2D eigenvalue weighted by Crippen LogP contribution is -2.22. The normalized spacial score (nSPS) is 10.1. The van der Waals surface area contributed by atoms with Gasteiger partial charge in [-0.25, -0.2) is 14.4 Å². The summed E-state index contributed by atoms with van der Waals surface area (Å²) in [6, 6.07) is 5.18. The van der Waals surface area contributed by atoms with Gasteiger partial charge in [0.1, 0.15) is 0 Å². The molecule has 0 aliphatic heterocycles. The van der Waals surface area contributed by atoms with Crippen LogP contribution in [0, 0.1) is 6.92 Å². The Hall–Kier alpha value is -3.36. The number of methoxy groups -OCH3 is 2. The van der Waals surface area contributed by atoms with Crippen LogP contribution in [0.25, 0.3) is 0 Å². The SMILES string of the molecule is COC(=O)c1ccc(C(=O)OC)c(NC(=O)Nc2cc(C)n(C)n2)c1. The van der Waals surface area contributed by atoms with Gasteiger partial charge < -0.3 is 14.8 Å². The van der Waals surface area contributed by atoms with Gasteiger partial charge in [-0.3, -0.25) is 10.00 Å². The van der Waals surface area contributed by atoms with E-state index in [-0.39, 0.29) is 16.8 Å². The lowest BCUT2D eigenvalue weighted by atomic mass is 10.1. The van der Waals surface area contributed by atoms with E-state index in [9.17, 15) is 14.4 Å². The molecule has 0 spiro atoms. The van der Waals surface area contributed by atoms with Crippen molar-refractivity contribution in [2.45, 2.75) is 6.92 Å². The summed E-state index contributed by atoms with van der Waals surface area (Å²) in [7, 11) is 4.20. The standard InChI is InChI=1S/C16H18N4O5/c1-9-7-13(19-20(9)2)18-16(23)17-12-8-10(14(21)24-3)5-6-11(12)15(22)25-4/h5-8H,1-4H3,(H2,17,18,19,23). The zero-order valence-corrected chi connectivity index (χ0v) is 14.2. The van der Waals surface area contributed by atoms with E-state index >= 15 is 0 Å². The fraction of sp³-hybridized carbons (Fsp3) is 0.250. The molecule has 132 valence electrons. The molecule has 0 atom stereocenters. The Morgan fingerprint density at radius 3 is 2.28 bits per heavy atom. The molecule has 2 rings (SSSR count). The van der Waals surface area contributed by atoms with E-state index in [0.29, 0.717) is 5.82 Å². The number of rotatable bonds is 4. The first kappa shape index (κ1) is 18.0. The molecule has 0 saturated carbocycles. The van der Waals surface area contributed by atoms with Gasteiger partial charge in [0, 0.05) is 18.8 Å². The molecule has 9 heteroatoms. The highest BCUT2D eigenvalue weighted by atomic mass is 16.5. The van der Waals surface area contributed by atoms with Crippen LogP contribution in [0.5, 0.6) is 0 Å². The Kier molecular flexibility index (Phi) is 5.38. The number of aryl methyl sites for hydroxylation is 2. The summed E-state index contributed by atoms with van der Waals surface area (Å²) in [5, 5.41) is 9.17. The van der Waals surface area contributed by atoms with Crippen LogP contribution in [0.1, 0.15) is 26.4 Å². The van der Waals surface area contributed by atoms with Crippen molar-refractivity contribution in [2.75, 3.05) is 24.9 Å². The predicted octanol–water partition coefficient (Wildman–Crippen LogP) is 1.95. The van der Waals surface area contributed by atoms with E-state index in [1.807, 2.05) is 6.92 Å². The van der Waals surface area contributed by atoms with Crippen LogP contribution < -0.4 is 10.6 Å². The molecule has 0 bridgehead atoms. The quantitative estimate of drug-likeness (QED) is 0.819. The van der Waals surface area contributed by atoms with E-state index in [2.05, 4.69) is 25.2 Å². The number of hydrogen-bond acceptors (Lipinski definition) is 6. The third kappa shape index (κ3) is 4.14. The number of carbonyl (C=O) groups is 3. The lowest BCUT2D eigenvalue weighted by Gasteiger charge is -2.11. The molecule has 0 fully saturated rings. The average molecular weight is 346 g/mol. The second-order valence-corrected chi connectivity index (χ2v) is 5.12. The van der Waals surface area contributed by atoms with Crippen molar-refractivity contribution in [2.24, 2.45) is 7.05 Å². The number of benzene rings is 1. The van der Waals surface area contributed by atoms with Crippen LogP contribution in [-0.2, 0) is 16.5 Å². The van der Waals surface area contributed by atoms with Crippen LogP contribution in [-0.4, -0.2) is 42.0 Å². The minimum atomic E-state index is -0.652. The Balaban J connectivity index is 2.26. The van der Waals surface area contributed by atoms with Crippen molar-refractivity contribution in [3.05, 3.63) is 41.1 Å². The summed E-state index contributed by atoms with van der Waals surface area (Å²) >= 11 is 0. The second kappa shape index (κ2) is 7.47. The molecule has 0 saturated heterocycles. The highest BCUT2D eigenvalue weighted by Crippen LogP contribution is 2.20. The highest BCUT2D eigenvalue weighted by Gasteiger charge is 2.17. The van der Waals surface area contributed by atoms with Gasteiger partial charge in [-0.1, -0.05) is 0 Å². The molecule has 1 aromatic carbocycles. The van der Waals surface area contributed by atoms with Gasteiger partial charge in [-0.2, -0.15) is 5.10 Å². The topological polar surface area (TPSA) is 112 Å². The number of aromatic nitrogens is 2. The van der Waals surface area contributed by atoms with E-state index in [1.54, 1.807) is 17.8 Å². The minimum Gasteiger partial charge on any atom is -0.465 e. The van der Waals surface area contributed by atoms with Crippen molar-refractivity contribution in [1.82, 2.24) is 9.78 Å². The number of esters is 2. The van der Waals surface area contributed by atoms with Gasteiger partial charge in [0.15, 0.2) is 5.82 Å². The van der Waals surface area contributed by atoms with E-state index in [1.165, 1.54) is 32.4 Å². The maximum Gasteiger partial charge on any atom is 0.339 e. The summed E-state index contributed by atoms with van der Waals surface area (Å²) in [5.74, 6) is -0.901. The molecular weight excluding hydrogens is 328 g/mol. The third-order valence-electron chi connectivity index (χ3n) is 3.45. The fourth-order valence-corrected chi connectivity index (χ4v) is 2.07. The summed E-state index contributed by atoms with van der Waals surface area (Å²) < 4.78 is 10.9. The van der Waals surface area contributed by atoms with E-state index < -0.39 is 18.0 Å². The first-order valence-electron chi connectivity index (χ1n) is 7.25. The molecule has 0 radical (unpaired) electrons. The molecular formula is C16H18N4O5. The van der Waals surface area contributed by atoms with E-state index in [0.717, 1.165) is 5.69 Å². The molecule has 1 aromatic heterocycles. The molecule has 0 aliphatic rings. The number of ether oxygens (including phenoxy) is 2. The van der Waals surface area contributed by atoms with Gasteiger partial charge in [0.25, 0.3) is 0 Å². The Morgan fingerprint density at radius 2 is 1.72 bits per heavy atom. The number of amides is 2. The lowest BCUT2D eigenvalue weighted by molar-refractivity contribution is 0.0587. The highest BCUT2D eigenvalue weighted by molar-refractivity contribution is 6.06. The van der Waals surface area contributed by atoms with Crippen LogP contribution in [0.4, 0.5) is 16.3 Å². The van der Waals surface area contributed by atoms with Gasteiger partial charge in [-0.15, -0.1) is 0 Å². The number of hydrogen-bond donors (Lipinski definition) is 2. The molecule has 1 heterocycles. The molecule has 9 nitrogen and oxygen atoms in total. The fourth-order valence-electron chi connectivity index (χ4n) is 2.07. The Labute approximate surface area is 143 Å². The van der Waals surface area contributed by atoms with E-state index in [4.69, 9.17) is 0 Å². The van der Waals surface area contributed by atoms with Crippen molar-refractivity contribution in [1.29, 1.82) is 0 Å². The van der Waals surface area contributed by atoms with Crippen LogP contribution in [0.3, 0.4) is 0 Å². The molecule has 2 amide bonds. The van der Waals surface area contributed by atoms with Gasteiger partial charge >= 0.3 is 18.0 Å². The van der Waals surface area contributed by atoms with Crippen LogP contribution >= 0.6 is 0 Å². The number of urea groups is 1. The maximum atomic E-state index is 12.2. The molecule has 2 N–H and O–H groups in total. The number of carbonyl (C=O) groups excluding carboxylic acids is 3. The zero-order chi connectivity index (χ0) is 18.6. The second-order valence-electron chi connectivity index (χ2n) is 5.12. The van der Waals surface area contributed by atoms with Crippen molar-refractivity contribution < 1.29 is 23.9 Å². The monoisotopic (exact) mass is 346 g/mol.